The molecule has 0 bridgehead atoms. The van der Waals surface area contributed by atoms with Crippen molar-refractivity contribution >= 4 is 11.8 Å². The third-order valence-corrected chi connectivity index (χ3v) is 10.3. The summed E-state index contributed by atoms with van der Waals surface area (Å²) in [5.74, 6) is 4.47. The van der Waals surface area contributed by atoms with Gasteiger partial charge in [-0.25, -0.2) is 0 Å². The highest BCUT2D eigenvalue weighted by Crippen LogP contribution is 2.81. The van der Waals surface area contributed by atoms with Crippen LogP contribution < -0.4 is 0 Å². The lowest BCUT2D eigenvalue weighted by Crippen LogP contribution is -2.53. The molecule has 5 fully saturated rings. The van der Waals surface area contributed by atoms with Gasteiger partial charge < -0.3 is 4.74 Å². The van der Waals surface area contributed by atoms with Crippen molar-refractivity contribution in [1.29, 1.82) is 0 Å². The summed E-state index contributed by atoms with van der Waals surface area (Å²) in [6.45, 7) is 4.87. The van der Waals surface area contributed by atoms with Crippen LogP contribution in [0.25, 0.3) is 0 Å². The second-order valence-electron chi connectivity index (χ2n) is 11.1. The Labute approximate surface area is 160 Å². The number of hydrogen-bond acceptors (Lipinski definition) is 3. The molecule has 3 nitrogen and oxygen atoms in total. The van der Waals surface area contributed by atoms with E-state index in [2.05, 4.69) is 19.9 Å². The van der Waals surface area contributed by atoms with E-state index >= 15 is 0 Å². The number of esters is 1. The Bertz CT molecular complexity index is 882. The van der Waals surface area contributed by atoms with Crippen LogP contribution in [0.1, 0.15) is 58.8 Å². The third kappa shape index (κ3) is 1.53. The molecule has 4 saturated carbocycles. The summed E-state index contributed by atoms with van der Waals surface area (Å²) in [5.41, 5.74) is 3.18. The molecule has 142 valence electrons. The minimum absolute atomic E-state index is 0.0354. The Hall–Kier alpha value is -1.38. The average molecular weight is 364 g/mol. The van der Waals surface area contributed by atoms with Crippen molar-refractivity contribution in [1.82, 2.24) is 0 Å². The van der Waals surface area contributed by atoms with Crippen molar-refractivity contribution in [3.05, 3.63) is 23.3 Å². The van der Waals surface area contributed by atoms with Crippen LogP contribution in [-0.2, 0) is 14.3 Å². The maximum absolute atomic E-state index is 12.1. The van der Waals surface area contributed by atoms with Gasteiger partial charge in [0.2, 0.25) is 0 Å². The normalized spacial score (nSPS) is 59.0. The lowest BCUT2D eigenvalue weighted by molar-refractivity contribution is -0.166. The number of carbonyl (C=O) groups excluding carboxylic acids is 2. The SMILES string of the molecule is C[C@]12CCC(=O)C=C1[C@@H]1C[C@@H]1C1C2=CC[C@@]2(C)[C@H]1[C@@H]1C[C@@H]1[C@@]21CCC(=O)O1. The molecule has 7 aliphatic rings. The summed E-state index contributed by atoms with van der Waals surface area (Å²) in [7, 11) is 0. The van der Waals surface area contributed by atoms with Crippen LogP contribution in [-0.4, -0.2) is 17.4 Å². The zero-order chi connectivity index (χ0) is 18.3. The quantitative estimate of drug-likeness (QED) is 0.477. The molecule has 1 spiro atoms. The van der Waals surface area contributed by atoms with Crippen molar-refractivity contribution in [3.8, 4) is 0 Å². The maximum atomic E-state index is 12.1. The number of allylic oxidation sites excluding steroid dienone is 4. The Morgan fingerprint density at radius 2 is 1.89 bits per heavy atom. The molecule has 0 aromatic carbocycles. The first kappa shape index (κ1) is 15.5. The standard InChI is InChI=1S/C24H28O3/c1-22-6-3-12(25)9-17(22)13-10-14(13)20-16(22)4-7-23(2)21(20)15-11-18(15)24(23)8-5-19(26)27-24/h4,9,13-15,18,20-21H,3,5-8,10-11H2,1-2H3/t13-,14+,15-,18+,20?,21+,22-,23+,24+/m1/s1. The lowest BCUT2D eigenvalue weighted by atomic mass is 9.49. The molecule has 0 N–H and O–H groups in total. The van der Waals surface area contributed by atoms with Gasteiger partial charge in [0.1, 0.15) is 5.60 Å². The largest absolute Gasteiger partial charge is 0.458 e. The number of ketones is 1. The number of rotatable bonds is 0. The van der Waals surface area contributed by atoms with Crippen LogP contribution in [0.15, 0.2) is 23.3 Å². The van der Waals surface area contributed by atoms with Gasteiger partial charge in [0.15, 0.2) is 5.78 Å². The van der Waals surface area contributed by atoms with E-state index in [4.69, 9.17) is 4.74 Å². The van der Waals surface area contributed by atoms with Gasteiger partial charge in [-0.05, 0) is 67.8 Å². The molecular formula is C24H28O3. The fraction of sp³-hybridized carbons (Fsp3) is 0.750. The lowest BCUT2D eigenvalue weighted by Gasteiger charge is -2.56. The summed E-state index contributed by atoms with van der Waals surface area (Å²) in [4.78, 5) is 24.3. The van der Waals surface area contributed by atoms with E-state index < -0.39 is 0 Å². The summed E-state index contributed by atoms with van der Waals surface area (Å²) >= 11 is 0. The monoisotopic (exact) mass is 364 g/mol. The van der Waals surface area contributed by atoms with Gasteiger partial charge in [0, 0.05) is 29.6 Å². The molecule has 6 aliphatic carbocycles. The first-order valence-electron chi connectivity index (χ1n) is 11.1. The fourth-order valence-electron chi connectivity index (χ4n) is 9.01. The van der Waals surface area contributed by atoms with Crippen LogP contribution in [0.2, 0.25) is 0 Å². The smallest absolute Gasteiger partial charge is 0.306 e. The second-order valence-corrected chi connectivity index (χ2v) is 11.1. The molecule has 9 atom stereocenters. The third-order valence-electron chi connectivity index (χ3n) is 10.3. The second kappa shape index (κ2) is 4.28. The van der Waals surface area contributed by atoms with Gasteiger partial charge in [-0.2, -0.15) is 0 Å². The zero-order valence-electron chi connectivity index (χ0n) is 16.3. The first-order chi connectivity index (χ1) is 12.9. The van der Waals surface area contributed by atoms with Gasteiger partial charge in [-0.1, -0.05) is 31.1 Å². The van der Waals surface area contributed by atoms with Crippen LogP contribution in [0.5, 0.6) is 0 Å². The van der Waals surface area contributed by atoms with Gasteiger partial charge in [-0.15, -0.1) is 0 Å². The van der Waals surface area contributed by atoms with Crippen molar-refractivity contribution in [2.45, 2.75) is 64.4 Å². The molecule has 0 amide bonds. The molecule has 7 rings (SSSR count). The van der Waals surface area contributed by atoms with Gasteiger partial charge >= 0.3 is 5.97 Å². The summed E-state index contributed by atoms with van der Waals surface area (Å²) in [6, 6.07) is 0. The van der Waals surface area contributed by atoms with E-state index in [1.54, 1.807) is 5.57 Å². The molecule has 1 unspecified atom stereocenters. The molecule has 27 heavy (non-hydrogen) atoms. The predicted octanol–water partition coefficient (Wildman–Crippen LogP) is 4.23. The Morgan fingerprint density at radius 3 is 2.67 bits per heavy atom. The van der Waals surface area contributed by atoms with Crippen LogP contribution in [0.3, 0.4) is 0 Å². The topological polar surface area (TPSA) is 43.4 Å². The number of fused-ring (bicyclic) bond motifs is 12. The molecule has 0 radical (unpaired) electrons. The van der Waals surface area contributed by atoms with Crippen LogP contribution in [0, 0.1) is 46.3 Å². The molecule has 0 aromatic heterocycles. The molecule has 1 heterocycles. The molecular weight excluding hydrogens is 336 g/mol. The van der Waals surface area contributed by atoms with Gasteiger partial charge in [-0.3, -0.25) is 9.59 Å². The van der Waals surface area contributed by atoms with E-state index in [0.717, 1.165) is 31.1 Å². The number of carbonyl (C=O) groups is 2. The molecule has 1 aliphatic heterocycles. The summed E-state index contributed by atoms with van der Waals surface area (Å²) in [6.07, 6.45) is 11.4. The van der Waals surface area contributed by atoms with E-state index in [1.165, 1.54) is 18.4 Å². The van der Waals surface area contributed by atoms with E-state index in [-0.39, 0.29) is 22.4 Å². The highest BCUT2D eigenvalue weighted by Gasteiger charge is 2.80. The maximum Gasteiger partial charge on any atom is 0.306 e. The van der Waals surface area contributed by atoms with Crippen molar-refractivity contribution in [3.63, 3.8) is 0 Å². The number of hydrogen-bond donors (Lipinski definition) is 0. The van der Waals surface area contributed by atoms with Crippen molar-refractivity contribution < 1.29 is 14.3 Å². The van der Waals surface area contributed by atoms with E-state index in [0.29, 0.717) is 42.3 Å². The molecule has 3 heteroatoms. The van der Waals surface area contributed by atoms with Crippen molar-refractivity contribution in [2.24, 2.45) is 46.3 Å². The fourth-order valence-corrected chi connectivity index (χ4v) is 9.01. The molecule has 1 saturated heterocycles. The molecule has 0 aromatic rings. The average Bonchev–Trinajstić information content (AvgIpc) is 3.53. The van der Waals surface area contributed by atoms with Gasteiger partial charge in [0.25, 0.3) is 0 Å². The highest BCUT2D eigenvalue weighted by molar-refractivity contribution is 5.92. The van der Waals surface area contributed by atoms with Crippen LogP contribution >= 0.6 is 0 Å². The summed E-state index contributed by atoms with van der Waals surface area (Å²) in [5, 5.41) is 0. The Kier molecular flexibility index (Phi) is 2.46. The highest BCUT2D eigenvalue weighted by atomic mass is 16.6. The Morgan fingerprint density at radius 1 is 1.04 bits per heavy atom. The van der Waals surface area contributed by atoms with Crippen LogP contribution in [0.4, 0.5) is 0 Å². The Balaban J connectivity index is 1.38. The predicted molar refractivity (Wildman–Crippen MR) is 99.5 cm³/mol. The minimum Gasteiger partial charge on any atom is -0.458 e. The minimum atomic E-state index is -0.175. The van der Waals surface area contributed by atoms with Gasteiger partial charge in [0.05, 0.1) is 0 Å². The summed E-state index contributed by atoms with van der Waals surface area (Å²) < 4.78 is 6.19. The zero-order valence-corrected chi connectivity index (χ0v) is 16.3. The first-order valence-corrected chi connectivity index (χ1v) is 11.1. The number of ether oxygens (including phenoxy) is 1. The van der Waals surface area contributed by atoms with E-state index in [1.807, 2.05) is 6.08 Å². The van der Waals surface area contributed by atoms with Crippen molar-refractivity contribution in [2.75, 3.05) is 0 Å². The van der Waals surface area contributed by atoms with E-state index in [9.17, 15) is 9.59 Å².